The third-order valence-electron chi connectivity index (χ3n) is 7.78. The number of nitrogens with one attached hydrogen (secondary N) is 1. The van der Waals surface area contributed by atoms with Gasteiger partial charge >= 0.3 is 6.03 Å². The Labute approximate surface area is 200 Å². The van der Waals surface area contributed by atoms with E-state index in [9.17, 15) is 9.18 Å². The second-order valence-electron chi connectivity index (χ2n) is 10.0. The fourth-order valence-electron chi connectivity index (χ4n) is 5.96. The van der Waals surface area contributed by atoms with E-state index in [-0.39, 0.29) is 17.9 Å². The third-order valence-corrected chi connectivity index (χ3v) is 7.78. The van der Waals surface area contributed by atoms with Crippen LogP contribution in [0.5, 0.6) is 0 Å². The maximum atomic E-state index is 13.2. The number of piperidine rings is 1. The second kappa shape index (κ2) is 10.1. The number of H-pyrrole nitrogens is 1. The predicted molar refractivity (Wildman–Crippen MR) is 133 cm³/mol. The van der Waals surface area contributed by atoms with Crippen LogP contribution in [0.4, 0.5) is 14.9 Å². The summed E-state index contributed by atoms with van der Waals surface area (Å²) in [6.45, 7) is 3.16. The molecule has 0 spiro atoms. The molecule has 1 saturated carbocycles. The van der Waals surface area contributed by atoms with Crippen LogP contribution in [-0.4, -0.2) is 46.8 Å². The highest BCUT2D eigenvalue weighted by molar-refractivity contribution is 5.94. The lowest BCUT2D eigenvalue weighted by Crippen LogP contribution is -2.52. The fraction of sp³-hybridized carbons (Fsp3) is 0.481. The van der Waals surface area contributed by atoms with Gasteiger partial charge in [-0.2, -0.15) is 5.10 Å². The fourth-order valence-corrected chi connectivity index (χ4v) is 5.96. The number of hydrogen-bond donors (Lipinski definition) is 2. The second-order valence-corrected chi connectivity index (χ2v) is 10.0. The highest BCUT2D eigenvalue weighted by Gasteiger charge is 2.35. The average molecular weight is 464 g/mol. The molecule has 0 unspecified atom stereocenters. The van der Waals surface area contributed by atoms with E-state index in [1.54, 1.807) is 18.3 Å². The average Bonchev–Trinajstić information content (AvgIpc) is 3.31. The van der Waals surface area contributed by atoms with Gasteiger partial charge in [0, 0.05) is 23.7 Å². The molecule has 7 heteroatoms. The van der Waals surface area contributed by atoms with Crippen molar-refractivity contribution in [1.82, 2.24) is 15.1 Å². The van der Waals surface area contributed by atoms with Gasteiger partial charge in [-0.25, -0.2) is 9.18 Å². The summed E-state index contributed by atoms with van der Waals surface area (Å²) in [6.07, 6.45) is 9.56. The highest BCUT2D eigenvalue weighted by Crippen LogP contribution is 2.34. The van der Waals surface area contributed by atoms with Crippen LogP contribution in [0.2, 0.25) is 0 Å². The van der Waals surface area contributed by atoms with Crippen molar-refractivity contribution in [3.05, 3.63) is 60.0 Å². The standard InChI is InChI=1S/C27H34FN5O/c28-23-7-5-19(6-8-23)15-20-11-13-32(14-12-20)18-21-3-1-2-4-26(21)33(27(29)34)24-9-10-25-22(16-24)17-30-31-25/h5-10,16-17,20-21,26H,1-4,11-15,18H2,(H2,29,34)(H,30,31)/t21-,26+/m0/s1. The van der Waals surface area contributed by atoms with E-state index in [1.807, 2.05) is 35.2 Å². The van der Waals surface area contributed by atoms with E-state index in [1.165, 1.54) is 12.0 Å². The Bertz CT molecular complexity index is 1110. The molecule has 1 saturated heterocycles. The molecule has 3 N–H and O–H groups in total. The number of amides is 2. The van der Waals surface area contributed by atoms with Gasteiger partial charge in [0.05, 0.1) is 11.7 Å². The molecule has 2 amide bonds. The minimum absolute atomic E-state index is 0.118. The summed E-state index contributed by atoms with van der Waals surface area (Å²) >= 11 is 0. The summed E-state index contributed by atoms with van der Waals surface area (Å²) in [6, 6.07) is 12.6. The molecule has 180 valence electrons. The molecular weight excluding hydrogens is 429 g/mol. The molecular formula is C27H34FN5O. The van der Waals surface area contributed by atoms with Gasteiger partial charge in [0.25, 0.3) is 0 Å². The smallest absolute Gasteiger partial charge is 0.319 e. The third kappa shape index (κ3) is 5.09. The Kier molecular flexibility index (Phi) is 6.81. The largest absolute Gasteiger partial charge is 0.351 e. The number of aromatic amines is 1. The normalized spacial score (nSPS) is 22.1. The number of benzene rings is 2. The van der Waals surface area contributed by atoms with Crippen LogP contribution in [0.15, 0.2) is 48.7 Å². The molecule has 1 aliphatic heterocycles. The summed E-state index contributed by atoms with van der Waals surface area (Å²) in [5, 5.41) is 8.06. The van der Waals surface area contributed by atoms with Crippen LogP contribution in [-0.2, 0) is 6.42 Å². The molecule has 2 atom stereocenters. The number of anilines is 1. The number of likely N-dealkylation sites (tertiary alicyclic amines) is 1. The number of hydrogen-bond acceptors (Lipinski definition) is 3. The van der Waals surface area contributed by atoms with E-state index in [0.29, 0.717) is 11.8 Å². The minimum Gasteiger partial charge on any atom is -0.351 e. The summed E-state index contributed by atoms with van der Waals surface area (Å²) in [7, 11) is 0. The number of fused-ring (bicyclic) bond motifs is 1. The van der Waals surface area contributed by atoms with Gasteiger partial charge in [0.2, 0.25) is 0 Å². The Hall–Kier alpha value is -2.93. The first-order valence-corrected chi connectivity index (χ1v) is 12.6. The zero-order chi connectivity index (χ0) is 23.5. The molecule has 1 aromatic heterocycles. The molecule has 0 radical (unpaired) electrons. The van der Waals surface area contributed by atoms with Gasteiger partial charge < -0.3 is 10.6 Å². The van der Waals surface area contributed by atoms with E-state index in [2.05, 4.69) is 15.1 Å². The van der Waals surface area contributed by atoms with Crippen molar-refractivity contribution >= 4 is 22.6 Å². The van der Waals surface area contributed by atoms with Gasteiger partial charge in [0.15, 0.2) is 0 Å². The van der Waals surface area contributed by atoms with E-state index in [4.69, 9.17) is 5.73 Å². The minimum atomic E-state index is -0.377. The molecule has 6 nitrogen and oxygen atoms in total. The lowest BCUT2D eigenvalue weighted by Gasteiger charge is -2.42. The molecule has 0 bridgehead atoms. The van der Waals surface area contributed by atoms with E-state index < -0.39 is 0 Å². The highest BCUT2D eigenvalue weighted by atomic mass is 19.1. The van der Waals surface area contributed by atoms with E-state index >= 15 is 0 Å². The van der Waals surface area contributed by atoms with Gasteiger partial charge in [-0.15, -0.1) is 0 Å². The van der Waals surface area contributed by atoms with Gasteiger partial charge in [0.1, 0.15) is 5.82 Å². The SMILES string of the molecule is NC(=O)N(c1ccc2[nH]ncc2c1)[C@@H]1CCCC[C@H]1CN1CCC(Cc2ccc(F)cc2)CC1. The number of rotatable bonds is 6. The van der Waals surface area contributed by atoms with Crippen LogP contribution < -0.4 is 10.6 Å². The predicted octanol–water partition coefficient (Wildman–Crippen LogP) is 5.10. The van der Waals surface area contributed by atoms with Gasteiger partial charge in [-0.3, -0.25) is 10.00 Å². The monoisotopic (exact) mass is 463 g/mol. The summed E-state index contributed by atoms with van der Waals surface area (Å²) in [5.41, 5.74) is 8.98. The number of urea groups is 1. The van der Waals surface area contributed by atoms with Crippen LogP contribution in [0.1, 0.15) is 44.1 Å². The number of nitrogens with two attached hydrogens (primary N) is 1. The number of carbonyl (C=O) groups excluding carboxylic acids is 1. The van der Waals surface area contributed by atoms with Gasteiger partial charge in [-0.1, -0.05) is 25.0 Å². The van der Waals surface area contributed by atoms with Crippen LogP contribution in [0, 0.1) is 17.7 Å². The number of aromatic nitrogens is 2. The van der Waals surface area contributed by atoms with Crippen LogP contribution in [0.25, 0.3) is 10.9 Å². The first-order valence-electron chi connectivity index (χ1n) is 12.6. The quantitative estimate of drug-likeness (QED) is 0.534. The van der Waals surface area contributed by atoms with Crippen molar-refractivity contribution < 1.29 is 9.18 Å². The maximum Gasteiger partial charge on any atom is 0.319 e. The van der Waals surface area contributed by atoms with Crippen LogP contribution in [0.3, 0.4) is 0 Å². The van der Waals surface area contributed by atoms with Crippen molar-refractivity contribution in [2.75, 3.05) is 24.5 Å². The molecule has 34 heavy (non-hydrogen) atoms. The first-order chi connectivity index (χ1) is 16.6. The van der Waals surface area contributed by atoms with E-state index in [0.717, 1.165) is 74.7 Å². The Balaban J connectivity index is 1.23. The summed E-state index contributed by atoms with van der Waals surface area (Å²) in [4.78, 5) is 17.0. The topological polar surface area (TPSA) is 78.2 Å². The first kappa shape index (κ1) is 22.8. The Morgan fingerprint density at radius 2 is 1.85 bits per heavy atom. The number of halogens is 1. The van der Waals surface area contributed by atoms with Crippen molar-refractivity contribution in [3.8, 4) is 0 Å². The number of carbonyl (C=O) groups is 1. The molecule has 1 aliphatic carbocycles. The van der Waals surface area contributed by atoms with Crippen molar-refractivity contribution in [3.63, 3.8) is 0 Å². The van der Waals surface area contributed by atoms with Crippen LogP contribution >= 0.6 is 0 Å². The molecule has 3 aromatic rings. The summed E-state index contributed by atoms with van der Waals surface area (Å²) < 4.78 is 13.2. The lowest BCUT2D eigenvalue weighted by molar-refractivity contribution is 0.135. The lowest BCUT2D eigenvalue weighted by atomic mass is 9.82. The molecule has 2 heterocycles. The molecule has 2 aliphatic rings. The Morgan fingerprint density at radius 1 is 1.09 bits per heavy atom. The Morgan fingerprint density at radius 3 is 2.62 bits per heavy atom. The zero-order valence-corrected chi connectivity index (χ0v) is 19.6. The summed E-state index contributed by atoms with van der Waals surface area (Å²) in [5.74, 6) is 0.887. The van der Waals surface area contributed by atoms with Crippen molar-refractivity contribution in [2.45, 2.75) is 51.0 Å². The number of nitrogens with zero attached hydrogens (tertiary/aromatic N) is 3. The molecule has 2 fully saturated rings. The molecule has 2 aromatic carbocycles. The molecule has 5 rings (SSSR count). The van der Waals surface area contributed by atoms with Gasteiger partial charge in [-0.05, 0) is 92.9 Å². The van der Waals surface area contributed by atoms with Crippen molar-refractivity contribution in [2.24, 2.45) is 17.6 Å². The van der Waals surface area contributed by atoms with Crippen molar-refractivity contribution in [1.29, 1.82) is 0 Å². The number of primary amides is 1. The zero-order valence-electron chi connectivity index (χ0n) is 19.6. The maximum absolute atomic E-state index is 13.2.